The van der Waals surface area contributed by atoms with Gasteiger partial charge in [-0.2, -0.15) is 0 Å². The van der Waals surface area contributed by atoms with E-state index in [1.54, 1.807) is 0 Å². The van der Waals surface area contributed by atoms with Gasteiger partial charge in [-0.1, -0.05) is 12.1 Å². The summed E-state index contributed by atoms with van der Waals surface area (Å²) in [4.78, 5) is 13.1. The van der Waals surface area contributed by atoms with E-state index in [0.717, 1.165) is 0 Å². The predicted octanol–water partition coefficient (Wildman–Crippen LogP) is -1.18. The van der Waals surface area contributed by atoms with Crippen LogP contribution in [0.25, 0.3) is 22.1 Å². The van der Waals surface area contributed by atoms with Crippen LogP contribution in [0.1, 0.15) is 0 Å². The lowest BCUT2D eigenvalue weighted by Crippen LogP contribution is -2.60. The molecule has 2 fully saturated rings. The molecule has 14 heteroatoms. The molecule has 2 saturated heterocycles. The maximum Gasteiger partial charge on any atom is 0.229 e. The second-order valence-corrected chi connectivity index (χ2v) is 9.87. The third kappa shape index (κ3) is 5.49. The number of aliphatic hydroxyl groups excluding tert-OH is 5. The second-order valence-electron chi connectivity index (χ2n) is 9.87. The summed E-state index contributed by atoms with van der Waals surface area (Å²) in [5, 5.41) is 70.9. The molecule has 14 nitrogen and oxygen atoms in total. The number of hydrogen-bond donors (Lipinski definition) is 7. The lowest BCUT2D eigenvalue weighted by atomic mass is 9.99. The average molecular weight is 579 g/mol. The van der Waals surface area contributed by atoms with Gasteiger partial charge in [0.05, 0.1) is 32.5 Å². The highest BCUT2D eigenvalue weighted by molar-refractivity contribution is 5.88. The zero-order valence-electron chi connectivity index (χ0n) is 21.7. The number of fused-ring (bicyclic) bond motifs is 1. The Morgan fingerprint density at radius 3 is 2.39 bits per heavy atom. The Hall–Kier alpha value is -3.31. The fraction of sp³-hybridized carbons (Fsp3) is 0.444. The monoisotopic (exact) mass is 578 g/mol. The van der Waals surface area contributed by atoms with Gasteiger partial charge in [-0.05, 0) is 17.7 Å². The fourth-order valence-electron chi connectivity index (χ4n) is 4.65. The van der Waals surface area contributed by atoms with Gasteiger partial charge in [0.25, 0.3) is 0 Å². The molecule has 222 valence electrons. The number of phenols is 1. The number of hydrogen-bond acceptors (Lipinski definition) is 14. The van der Waals surface area contributed by atoms with Crippen LogP contribution < -0.4 is 14.9 Å². The van der Waals surface area contributed by atoms with E-state index in [4.69, 9.17) is 28.1 Å². The number of ether oxygens (including phenoxy) is 5. The minimum atomic E-state index is -1.91. The van der Waals surface area contributed by atoms with Gasteiger partial charge in [0.1, 0.15) is 70.6 Å². The molecular formula is C27H30O14. The summed E-state index contributed by atoms with van der Waals surface area (Å²) in [5.41, 5.74) is -1.63. The van der Waals surface area contributed by atoms with Gasteiger partial charge in [0, 0.05) is 12.1 Å². The number of aromatic hydroxyl groups is 1. The van der Waals surface area contributed by atoms with Crippen molar-refractivity contribution in [3.8, 4) is 28.4 Å². The molecule has 1 aromatic heterocycles. The Labute approximate surface area is 232 Å². The first-order chi connectivity index (χ1) is 19.6. The van der Waals surface area contributed by atoms with Gasteiger partial charge < -0.3 is 63.8 Å². The van der Waals surface area contributed by atoms with Crippen molar-refractivity contribution < 1.29 is 63.8 Å². The largest absolute Gasteiger partial charge is 0.507 e. The van der Waals surface area contributed by atoms with Gasteiger partial charge in [0.15, 0.2) is 6.29 Å². The molecule has 0 spiro atoms. The van der Waals surface area contributed by atoms with Crippen LogP contribution in [0.15, 0.2) is 51.9 Å². The number of benzene rings is 2. The van der Waals surface area contributed by atoms with Crippen LogP contribution in [0.5, 0.6) is 17.2 Å². The van der Waals surface area contributed by atoms with Crippen molar-refractivity contribution >= 4 is 11.0 Å². The molecular weight excluding hydrogens is 548 g/mol. The minimum absolute atomic E-state index is 0.0141. The first-order valence-corrected chi connectivity index (χ1v) is 12.6. The molecule has 41 heavy (non-hydrogen) atoms. The van der Waals surface area contributed by atoms with Crippen LogP contribution in [-0.4, -0.2) is 111 Å². The standard InChI is InChI=1S/C27H30O14/c1-36-14-6-16(29)19-17(7-14)37-8-15(20(19)30)12-2-4-13(5-3-12)40-25-23(33)22(32)21(31)18(41-25)9-38-26-24(34)27(35,10-28)11-39-26/h2-8,18,21-26,28-29,31-35H,9-11H2,1H3/t18-,21-,22+,23-,24+,25-,26-,27-/m1/s1. The average Bonchev–Trinajstić information content (AvgIpc) is 3.26. The summed E-state index contributed by atoms with van der Waals surface area (Å²) in [6.45, 7) is -1.58. The van der Waals surface area contributed by atoms with E-state index in [9.17, 15) is 40.5 Å². The van der Waals surface area contributed by atoms with Gasteiger partial charge in [0.2, 0.25) is 11.7 Å². The Morgan fingerprint density at radius 2 is 1.73 bits per heavy atom. The number of phenolic OH excluding ortho intramolecular Hbond substituents is 1. The highest BCUT2D eigenvalue weighted by atomic mass is 16.7. The van der Waals surface area contributed by atoms with Crippen LogP contribution in [0.3, 0.4) is 0 Å². The highest BCUT2D eigenvalue weighted by Crippen LogP contribution is 2.32. The van der Waals surface area contributed by atoms with E-state index in [1.807, 2.05) is 0 Å². The van der Waals surface area contributed by atoms with Crippen LogP contribution in [0, 0.1) is 0 Å². The molecule has 0 amide bonds. The van der Waals surface area contributed by atoms with Gasteiger partial charge >= 0.3 is 0 Å². The molecule has 0 radical (unpaired) electrons. The molecule has 2 aliphatic rings. The molecule has 3 heterocycles. The van der Waals surface area contributed by atoms with Crippen molar-refractivity contribution in [2.45, 2.75) is 48.7 Å². The smallest absolute Gasteiger partial charge is 0.229 e. The first-order valence-electron chi connectivity index (χ1n) is 12.6. The highest BCUT2D eigenvalue weighted by Gasteiger charge is 2.50. The van der Waals surface area contributed by atoms with E-state index in [0.29, 0.717) is 11.3 Å². The number of aliphatic hydroxyl groups is 6. The SMILES string of the molecule is COc1cc(O)c2c(=O)c(-c3ccc(O[C@@H]4O[C@H](CO[C@@H]5OC[C@](O)(CO)[C@H]5O)[C@@H](O)[C@H](O)[C@H]4O)cc3)coc2c1. The lowest BCUT2D eigenvalue weighted by Gasteiger charge is -2.40. The minimum Gasteiger partial charge on any atom is -0.507 e. The lowest BCUT2D eigenvalue weighted by molar-refractivity contribution is -0.289. The molecule has 0 aliphatic carbocycles. The van der Waals surface area contributed by atoms with Crippen molar-refractivity contribution in [2.24, 2.45) is 0 Å². The summed E-state index contributed by atoms with van der Waals surface area (Å²) in [6, 6.07) is 8.81. The third-order valence-electron chi connectivity index (χ3n) is 7.16. The summed E-state index contributed by atoms with van der Waals surface area (Å²) >= 11 is 0. The topological polar surface area (TPSA) is 218 Å². The first kappa shape index (κ1) is 29.2. The summed E-state index contributed by atoms with van der Waals surface area (Å²) in [6.07, 6.45) is -9.27. The second kappa shape index (κ2) is 11.5. The van der Waals surface area contributed by atoms with Crippen molar-refractivity contribution in [2.75, 3.05) is 26.9 Å². The zero-order chi connectivity index (χ0) is 29.5. The van der Waals surface area contributed by atoms with Gasteiger partial charge in [-0.15, -0.1) is 0 Å². The Kier molecular flexibility index (Phi) is 8.20. The molecule has 8 atom stereocenters. The van der Waals surface area contributed by atoms with Gasteiger partial charge in [-0.25, -0.2) is 0 Å². The summed E-state index contributed by atoms with van der Waals surface area (Å²) in [7, 11) is 1.42. The Bertz CT molecular complexity index is 1420. The third-order valence-corrected chi connectivity index (χ3v) is 7.16. The predicted molar refractivity (Wildman–Crippen MR) is 137 cm³/mol. The maximum atomic E-state index is 13.1. The van der Waals surface area contributed by atoms with E-state index in [1.165, 1.54) is 49.8 Å². The van der Waals surface area contributed by atoms with E-state index in [-0.39, 0.29) is 34.6 Å². The van der Waals surface area contributed by atoms with Crippen LogP contribution >= 0.6 is 0 Å². The van der Waals surface area contributed by atoms with Crippen LogP contribution in [-0.2, 0) is 14.2 Å². The van der Waals surface area contributed by atoms with E-state index >= 15 is 0 Å². The Morgan fingerprint density at radius 1 is 1.00 bits per heavy atom. The van der Waals surface area contributed by atoms with Crippen LogP contribution in [0.4, 0.5) is 0 Å². The number of rotatable bonds is 8. The summed E-state index contributed by atoms with van der Waals surface area (Å²) < 4.78 is 32.5. The molecule has 0 saturated carbocycles. The maximum absolute atomic E-state index is 13.1. The Balaban J connectivity index is 1.28. The van der Waals surface area contributed by atoms with E-state index in [2.05, 4.69) is 0 Å². The van der Waals surface area contributed by atoms with Gasteiger partial charge in [-0.3, -0.25) is 4.79 Å². The molecule has 7 N–H and O–H groups in total. The fourth-order valence-corrected chi connectivity index (χ4v) is 4.65. The molecule has 5 rings (SSSR count). The summed E-state index contributed by atoms with van der Waals surface area (Å²) in [5.74, 6) is 0.210. The van der Waals surface area contributed by atoms with Crippen molar-refractivity contribution in [3.05, 3.63) is 52.9 Å². The molecule has 3 aromatic rings. The van der Waals surface area contributed by atoms with Crippen LogP contribution in [0.2, 0.25) is 0 Å². The molecule has 2 aliphatic heterocycles. The van der Waals surface area contributed by atoms with E-state index < -0.39 is 67.3 Å². The normalized spacial score (nSPS) is 31.8. The molecule has 0 bridgehead atoms. The number of methoxy groups -OCH3 is 1. The molecule has 0 unspecified atom stereocenters. The van der Waals surface area contributed by atoms with Crippen molar-refractivity contribution in [1.29, 1.82) is 0 Å². The zero-order valence-corrected chi connectivity index (χ0v) is 21.7. The quantitative estimate of drug-likeness (QED) is 0.167. The molecule has 2 aromatic carbocycles. The van der Waals surface area contributed by atoms with Crippen molar-refractivity contribution in [3.63, 3.8) is 0 Å². The van der Waals surface area contributed by atoms with Crippen molar-refractivity contribution in [1.82, 2.24) is 0 Å².